The van der Waals surface area contributed by atoms with Crippen molar-refractivity contribution >= 4 is 44.8 Å². The maximum absolute atomic E-state index is 12.4. The monoisotopic (exact) mass is 398 g/mol. The molecule has 3 aromatic rings. The number of methoxy groups -OCH3 is 1. The van der Waals surface area contributed by atoms with Crippen LogP contribution in [-0.4, -0.2) is 25.7 Å². The van der Waals surface area contributed by atoms with Crippen LogP contribution in [0.25, 0.3) is 10.1 Å². The third kappa shape index (κ3) is 4.26. The van der Waals surface area contributed by atoms with Crippen molar-refractivity contribution < 1.29 is 19.1 Å². The molecule has 146 valence electrons. The summed E-state index contributed by atoms with van der Waals surface area (Å²) in [5.41, 5.74) is 3.48. The van der Waals surface area contributed by atoms with E-state index in [1.807, 2.05) is 45.0 Å². The second-order valence-electron chi connectivity index (χ2n) is 6.35. The number of carbonyl (C=O) groups is 2. The number of fused-ring (bicyclic) bond motifs is 1. The predicted octanol–water partition coefficient (Wildman–Crippen LogP) is 5.35. The molecule has 28 heavy (non-hydrogen) atoms. The fraction of sp³-hybridized carbons (Fsp3) is 0.238. The molecule has 0 saturated carbocycles. The Morgan fingerprint density at radius 3 is 2.32 bits per heavy atom. The number of carbonyl (C=O) groups excluding carboxylic acids is 2. The van der Waals surface area contributed by atoms with Gasteiger partial charge in [0.15, 0.2) is 10.6 Å². The van der Waals surface area contributed by atoms with Crippen LogP contribution in [0.1, 0.15) is 27.7 Å². The van der Waals surface area contributed by atoms with E-state index in [0.717, 1.165) is 26.9 Å². The highest BCUT2D eigenvalue weighted by atomic mass is 32.1. The van der Waals surface area contributed by atoms with E-state index in [9.17, 15) is 9.59 Å². The third-order valence-electron chi connectivity index (χ3n) is 4.04. The Bertz CT molecular complexity index is 1020. The van der Waals surface area contributed by atoms with Crippen LogP contribution in [0.3, 0.4) is 0 Å². The summed E-state index contributed by atoms with van der Waals surface area (Å²) in [5, 5.41) is 6.43. The number of esters is 1. The van der Waals surface area contributed by atoms with E-state index in [1.165, 1.54) is 18.4 Å². The molecule has 0 saturated heterocycles. The average Bonchev–Trinajstić information content (AvgIpc) is 2.98. The molecule has 1 heterocycles. The van der Waals surface area contributed by atoms with Crippen molar-refractivity contribution in [2.24, 2.45) is 0 Å². The van der Waals surface area contributed by atoms with E-state index < -0.39 is 5.97 Å². The number of nitrogens with one attached hydrogen (secondary N) is 2. The lowest BCUT2D eigenvalue weighted by molar-refractivity contribution is 0.0602. The summed E-state index contributed by atoms with van der Waals surface area (Å²) in [6, 6.07) is 10.9. The molecule has 6 nitrogen and oxygen atoms in total. The largest absolute Gasteiger partial charge is 0.491 e. The molecule has 0 unspecified atom stereocenters. The zero-order chi connectivity index (χ0) is 20.3. The minimum absolute atomic E-state index is 0.342. The first-order chi connectivity index (χ1) is 13.4. The van der Waals surface area contributed by atoms with Gasteiger partial charge in [0.2, 0.25) is 0 Å². The van der Waals surface area contributed by atoms with Gasteiger partial charge in [-0.05, 0) is 62.2 Å². The molecule has 0 aliphatic rings. The Hall–Kier alpha value is -3.06. The van der Waals surface area contributed by atoms with Crippen molar-refractivity contribution in [3.63, 3.8) is 0 Å². The smallest absolute Gasteiger partial charge is 0.351 e. The average molecular weight is 398 g/mol. The van der Waals surface area contributed by atoms with Gasteiger partial charge in [-0.25, -0.2) is 9.59 Å². The summed E-state index contributed by atoms with van der Waals surface area (Å²) in [4.78, 5) is 24.8. The van der Waals surface area contributed by atoms with Gasteiger partial charge in [-0.3, -0.25) is 0 Å². The molecule has 2 aromatic carbocycles. The van der Waals surface area contributed by atoms with E-state index in [4.69, 9.17) is 9.47 Å². The molecule has 7 heteroatoms. The molecule has 2 amide bonds. The van der Waals surface area contributed by atoms with Crippen molar-refractivity contribution in [1.29, 1.82) is 0 Å². The number of thiophene rings is 1. The van der Waals surface area contributed by atoms with Gasteiger partial charge in [0.1, 0.15) is 0 Å². The summed E-state index contributed by atoms with van der Waals surface area (Å²) in [7, 11) is 1.34. The lowest BCUT2D eigenvalue weighted by Gasteiger charge is -2.10. The number of anilines is 2. The number of urea groups is 1. The number of aryl methyl sites for hydroxylation is 2. The topological polar surface area (TPSA) is 76.7 Å². The fourth-order valence-corrected chi connectivity index (χ4v) is 4.05. The second-order valence-corrected chi connectivity index (χ2v) is 7.40. The maximum Gasteiger partial charge on any atom is 0.351 e. The Morgan fingerprint density at radius 2 is 1.68 bits per heavy atom. The molecule has 0 bridgehead atoms. The Labute approximate surface area is 167 Å². The zero-order valence-electron chi connectivity index (χ0n) is 16.2. The van der Waals surface area contributed by atoms with Crippen LogP contribution in [0.2, 0.25) is 0 Å². The standard InChI is InChI=1S/C21H22N2O4S/c1-5-27-18-16-11-14(6-7-17(16)28-19(18)20(24)26-4)22-21(25)23-15-9-12(2)8-13(3)10-15/h6-11H,5H2,1-4H3,(H2,22,23,25). The molecule has 0 fully saturated rings. The van der Waals surface area contributed by atoms with Crippen molar-refractivity contribution in [3.8, 4) is 5.75 Å². The van der Waals surface area contributed by atoms with E-state index in [1.54, 1.807) is 12.1 Å². The molecular weight excluding hydrogens is 376 g/mol. The molecule has 0 radical (unpaired) electrons. The third-order valence-corrected chi connectivity index (χ3v) is 5.17. The van der Waals surface area contributed by atoms with Crippen LogP contribution < -0.4 is 15.4 Å². The van der Waals surface area contributed by atoms with Crippen LogP contribution in [0.5, 0.6) is 5.75 Å². The van der Waals surface area contributed by atoms with Crippen molar-refractivity contribution in [1.82, 2.24) is 0 Å². The van der Waals surface area contributed by atoms with Gasteiger partial charge in [0.25, 0.3) is 0 Å². The number of hydrogen-bond donors (Lipinski definition) is 2. The van der Waals surface area contributed by atoms with Crippen molar-refractivity contribution in [2.75, 3.05) is 24.4 Å². The van der Waals surface area contributed by atoms with Crippen LogP contribution in [0.4, 0.5) is 16.2 Å². The normalized spacial score (nSPS) is 10.6. The number of rotatable bonds is 5. The summed E-state index contributed by atoms with van der Waals surface area (Å²) >= 11 is 1.30. The van der Waals surface area contributed by atoms with E-state index in [-0.39, 0.29) is 6.03 Å². The molecule has 1 aromatic heterocycles. The van der Waals surface area contributed by atoms with Crippen LogP contribution in [0.15, 0.2) is 36.4 Å². The Balaban J connectivity index is 1.86. The van der Waals surface area contributed by atoms with Crippen molar-refractivity contribution in [2.45, 2.75) is 20.8 Å². The SMILES string of the molecule is CCOc1c(C(=O)OC)sc2ccc(NC(=O)Nc3cc(C)cc(C)c3)cc12. The number of amides is 2. The molecule has 0 spiro atoms. The lowest BCUT2D eigenvalue weighted by atomic mass is 10.1. The first kappa shape index (κ1) is 19.7. The zero-order valence-corrected chi connectivity index (χ0v) is 17.0. The highest BCUT2D eigenvalue weighted by Crippen LogP contribution is 2.39. The molecule has 0 aliphatic heterocycles. The summed E-state index contributed by atoms with van der Waals surface area (Å²) in [5.74, 6) is 0.0411. The number of benzene rings is 2. The quantitative estimate of drug-likeness (QED) is 0.568. The summed E-state index contributed by atoms with van der Waals surface area (Å²) in [6.45, 7) is 6.23. The lowest BCUT2D eigenvalue weighted by Crippen LogP contribution is -2.19. The van der Waals surface area contributed by atoms with E-state index in [2.05, 4.69) is 10.6 Å². The maximum atomic E-state index is 12.4. The first-order valence-electron chi connectivity index (χ1n) is 8.85. The molecule has 3 rings (SSSR count). The minimum atomic E-state index is -0.438. The molecule has 0 aliphatic carbocycles. The number of ether oxygens (including phenoxy) is 2. The van der Waals surface area contributed by atoms with E-state index >= 15 is 0 Å². The van der Waals surface area contributed by atoms with E-state index in [0.29, 0.717) is 22.9 Å². The second kappa shape index (κ2) is 8.31. The highest BCUT2D eigenvalue weighted by Gasteiger charge is 2.21. The number of hydrogen-bond acceptors (Lipinski definition) is 5. The highest BCUT2D eigenvalue weighted by molar-refractivity contribution is 7.21. The van der Waals surface area contributed by atoms with Gasteiger partial charge in [0, 0.05) is 21.5 Å². The van der Waals surface area contributed by atoms with Crippen molar-refractivity contribution in [3.05, 3.63) is 52.4 Å². The summed E-state index contributed by atoms with van der Waals surface area (Å²) < 4.78 is 11.4. The van der Waals surface area contributed by atoms with Gasteiger partial charge >= 0.3 is 12.0 Å². The Morgan fingerprint density at radius 1 is 1.00 bits per heavy atom. The van der Waals surface area contributed by atoms with Gasteiger partial charge in [-0.2, -0.15) is 0 Å². The summed E-state index contributed by atoms with van der Waals surface area (Å²) in [6.07, 6.45) is 0. The van der Waals surface area contributed by atoms with Gasteiger partial charge in [-0.15, -0.1) is 11.3 Å². The predicted molar refractivity (Wildman–Crippen MR) is 113 cm³/mol. The van der Waals surface area contributed by atoms with Gasteiger partial charge in [-0.1, -0.05) is 6.07 Å². The Kier molecular flexibility index (Phi) is 5.84. The van der Waals surface area contributed by atoms with Crippen LogP contribution in [-0.2, 0) is 4.74 Å². The molecular formula is C21H22N2O4S. The first-order valence-corrected chi connectivity index (χ1v) is 9.67. The molecule has 0 atom stereocenters. The fourth-order valence-electron chi connectivity index (χ4n) is 3.01. The molecule has 2 N–H and O–H groups in total. The van der Waals surface area contributed by atoms with Gasteiger partial charge in [0.05, 0.1) is 13.7 Å². The minimum Gasteiger partial charge on any atom is -0.491 e. The van der Waals surface area contributed by atoms with Gasteiger partial charge < -0.3 is 20.1 Å². The van der Waals surface area contributed by atoms with Crippen LogP contribution in [0, 0.1) is 13.8 Å². The van der Waals surface area contributed by atoms with Crippen LogP contribution >= 0.6 is 11.3 Å².